The highest BCUT2D eigenvalue weighted by Gasteiger charge is 2.20. The molecular weight excluding hydrogens is 209 g/mol. The van der Waals surface area contributed by atoms with Gasteiger partial charge in [-0.05, 0) is 37.3 Å². The molecule has 1 aromatic rings. The van der Waals surface area contributed by atoms with Crippen molar-refractivity contribution in [3.63, 3.8) is 0 Å². The summed E-state index contributed by atoms with van der Waals surface area (Å²) >= 11 is 1.24. The molecule has 0 saturated heterocycles. The Morgan fingerprint density at radius 3 is 3.08 bits per heavy atom. The Morgan fingerprint density at radius 2 is 2.38 bits per heavy atom. The van der Waals surface area contributed by atoms with E-state index in [-0.39, 0.29) is 17.5 Å². The molecule has 1 heterocycles. The Morgan fingerprint density at radius 1 is 1.62 bits per heavy atom. The van der Waals surface area contributed by atoms with Crippen molar-refractivity contribution in [3.05, 3.63) is 21.6 Å². The van der Waals surface area contributed by atoms with E-state index in [1.807, 2.05) is 12.4 Å². The molecule has 0 saturated carbocycles. The minimum atomic E-state index is 0. The summed E-state index contributed by atoms with van der Waals surface area (Å²) in [7, 11) is 1.97. The maximum atomic E-state index is 13.1. The summed E-state index contributed by atoms with van der Waals surface area (Å²) in [5, 5.41) is 5.22. The first-order chi connectivity index (χ1) is 5.81. The highest BCUT2D eigenvalue weighted by Crippen LogP contribution is 2.28. The number of hydrogen-bond acceptors (Lipinski definition) is 2. The first-order valence-corrected chi connectivity index (χ1v) is 5.11. The molecule has 1 aromatic heterocycles. The van der Waals surface area contributed by atoms with E-state index in [1.54, 1.807) is 0 Å². The quantitative estimate of drug-likeness (QED) is 0.768. The van der Waals surface area contributed by atoms with Crippen LogP contribution >= 0.6 is 23.7 Å². The molecule has 0 bridgehead atoms. The first kappa shape index (κ1) is 11.0. The van der Waals surface area contributed by atoms with Crippen LogP contribution in [-0.2, 0) is 12.8 Å². The highest BCUT2D eigenvalue weighted by atomic mass is 35.5. The highest BCUT2D eigenvalue weighted by molar-refractivity contribution is 7.08. The van der Waals surface area contributed by atoms with E-state index in [1.165, 1.54) is 16.9 Å². The molecule has 2 rings (SSSR count). The zero-order valence-electron chi connectivity index (χ0n) is 7.47. The maximum absolute atomic E-state index is 13.1. The number of nitrogens with one attached hydrogen (secondary N) is 1. The molecule has 0 aromatic carbocycles. The van der Waals surface area contributed by atoms with E-state index in [2.05, 4.69) is 5.32 Å². The van der Waals surface area contributed by atoms with Crippen LogP contribution in [0.1, 0.15) is 17.5 Å². The second-order valence-corrected chi connectivity index (χ2v) is 4.07. The van der Waals surface area contributed by atoms with Gasteiger partial charge in [0.05, 0.1) is 0 Å². The Balaban J connectivity index is 0.000000845. The normalized spacial score (nSPS) is 20.6. The van der Waals surface area contributed by atoms with E-state index in [9.17, 15) is 4.39 Å². The largest absolute Gasteiger partial charge is 0.317 e. The standard InChI is InChI=1S/C9H12FNS.ClH/c1-11-7-2-3-8-6(4-7)5-12-9(8)10;/h5,7,11H,2-4H2,1H3;1H. The predicted molar refractivity (Wildman–Crippen MR) is 56.4 cm³/mol. The molecule has 0 aliphatic heterocycles. The van der Waals surface area contributed by atoms with Crippen molar-refractivity contribution < 1.29 is 4.39 Å². The van der Waals surface area contributed by atoms with E-state index in [0.29, 0.717) is 6.04 Å². The molecule has 4 heteroatoms. The van der Waals surface area contributed by atoms with Gasteiger partial charge in [0.25, 0.3) is 0 Å². The summed E-state index contributed by atoms with van der Waals surface area (Å²) in [4.78, 5) is 0. The fraction of sp³-hybridized carbons (Fsp3) is 0.556. The van der Waals surface area contributed by atoms with Crippen molar-refractivity contribution in [1.29, 1.82) is 0 Å². The summed E-state index contributed by atoms with van der Waals surface area (Å²) in [5.74, 6) is 0. The lowest BCUT2D eigenvalue weighted by Gasteiger charge is -2.21. The minimum absolute atomic E-state index is 0. The van der Waals surface area contributed by atoms with Gasteiger partial charge in [-0.3, -0.25) is 0 Å². The average molecular weight is 222 g/mol. The Bertz CT molecular complexity index is 287. The summed E-state index contributed by atoms with van der Waals surface area (Å²) in [6.07, 6.45) is 2.96. The number of thiophene rings is 1. The summed E-state index contributed by atoms with van der Waals surface area (Å²) in [6, 6.07) is 0.548. The monoisotopic (exact) mass is 221 g/mol. The summed E-state index contributed by atoms with van der Waals surface area (Å²) < 4.78 is 13.1. The van der Waals surface area contributed by atoms with Crippen molar-refractivity contribution in [3.8, 4) is 0 Å². The Labute approximate surface area is 87.8 Å². The van der Waals surface area contributed by atoms with Crippen molar-refractivity contribution in [2.24, 2.45) is 0 Å². The van der Waals surface area contributed by atoms with E-state index in [0.717, 1.165) is 24.8 Å². The number of likely N-dealkylation sites (N-methyl/N-ethyl adjacent to an activating group) is 1. The average Bonchev–Trinajstić information content (AvgIpc) is 2.47. The second-order valence-electron chi connectivity index (χ2n) is 3.24. The summed E-state index contributed by atoms with van der Waals surface area (Å²) in [6.45, 7) is 0. The maximum Gasteiger partial charge on any atom is 0.179 e. The van der Waals surface area contributed by atoms with Gasteiger partial charge in [-0.25, -0.2) is 0 Å². The van der Waals surface area contributed by atoms with Crippen LogP contribution in [0, 0.1) is 5.13 Å². The molecular formula is C9H13ClFNS. The van der Waals surface area contributed by atoms with Crippen LogP contribution in [0.3, 0.4) is 0 Å². The lowest BCUT2D eigenvalue weighted by atomic mass is 9.91. The zero-order chi connectivity index (χ0) is 8.55. The van der Waals surface area contributed by atoms with Gasteiger partial charge in [-0.2, -0.15) is 4.39 Å². The predicted octanol–water partition coefficient (Wildman–Crippen LogP) is 2.39. The van der Waals surface area contributed by atoms with Gasteiger partial charge >= 0.3 is 0 Å². The van der Waals surface area contributed by atoms with Crippen LogP contribution in [0.15, 0.2) is 5.38 Å². The van der Waals surface area contributed by atoms with Gasteiger partial charge in [0.1, 0.15) is 0 Å². The van der Waals surface area contributed by atoms with Crippen molar-refractivity contribution in [2.45, 2.75) is 25.3 Å². The van der Waals surface area contributed by atoms with Crippen molar-refractivity contribution in [1.82, 2.24) is 5.32 Å². The molecule has 1 nitrogen and oxygen atoms in total. The first-order valence-electron chi connectivity index (χ1n) is 4.23. The van der Waals surface area contributed by atoms with E-state index >= 15 is 0 Å². The molecule has 1 aliphatic carbocycles. The third-order valence-electron chi connectivity index (χ3n) is 2.55. The number of rotatable bonds is 1. The van der Waals surface area contributed by atoms with Crippen LogP contribution in [0.5, 0.6) is 0 Å². The van der Waals surface area contributed by atoms with Crippen LogP contribution in [-0.4, -0.2) is 13.1 Å². The SMILES string of the molecule is CNC1CCc2c(csc2F)C1.Cl. The molecule has 0 spiro atoms. The third-order valence-corrected chi connectivity index (χ3v) is 3.40. The molecule has 1 aliphatic rings. The summed E-state index contributed by atoms with van der Waals surface area (Å²) in [5.41, 5.74) is 2.18. The van der Waals surface area contributed by atoms with Crippen LogP contribution in [0.2, 0.25) is 0 Å². The fourth-order valence-corrected chi connectivity index (χ4v) is 2.61. The number of fused-ring (bicyclic) bond motifs is 1. The number of halogens is 2. The lowest BCUT2D eigenvalue weighted by molar-refractivity contribution is 0.487. The molecule has 13 heavy (non-hydrogen) atoms. The zero-order valence-corrected chi connectivity index (χ0v) is 9.10. The van der Waals surface area contributed by atoms with Gasteiger partial charge in [0.2, 0.25) is 0 Å². The van der Waals surface area contributed by atoms with Gasteiger partial charge in [0, 0.05) is 11.6 Å². The van der Waals surface area contributed by atoms with Crippen LogP contribution in [0.4, 0.5) is 4.39 Å². The van der Waals surface area contributed by atoms with Gasteiger partial charge in [-0.1, -0.05) is 0 Å². The smallest absolute Gasteiger partial charge is 0.179 e. The van der Waals surface area contributed by atoms with Crippen LogP contribution in [0.25, 0.3) is 0 Å². The van der Waals surface area contributed by atoms with Crippen molar-refractivity contribution in [2.75, 3.05) is 7.05 Å². The van der Waals surface area contributed by atoms with Gasteiger partial charge in [-0.15, -0.1) is 23.7 Å². The van der Waals surface area contributed by atoms with Gasteiger partial charge < -0.3 is 5.32 Å². The fourth-order valence-electron chi connectivity index (χ4n) is 1.75. The molecule has 1 unspecified atom stereocenters. The molecule has 0 fully saturated rings. The molecule has 1 N–H and O–H groups in total. The molecule has 0 amide bonds. The van der Waals surface area contributed by atoms with E-state index in [4.69, 9.17) is 0 Å². The van der Waals surface area contributed by atoms with Crippen LogP contribution < -0.4 is 5.32 Å². The second kappa shape index (κ2) is 4.40. The Hall–Kier alpha value is -0.120. The molecule has 74 valence electrons. The molecule has 0 radical (unpaired) electrons. The topological polar surface area (TPSA) is 12.0 Å². The third kappa shape index (κ3) is 2.03. The lowest BCUT2D eigenvalue weighted by Crippen LogP contribution is -2.31. The molecule has 1 atom stereocenters. The number of hydrogen-bond donors (Lipinski definition) is 1. The van der Waals surface area contributed by atoms with Crippen molar-refractivity contribution >= 4 is 23.7 Å². The van der Waals surface area contributed by atoms with E-state index < -0.39 is 0 Å². The Kier molecular flexibility index (Phi) is 3.71. The van der Waals surface area contributed by atoms with Gasteiger partial charge in [0.15, 0.2) is 5.13 Å². The minimum Gasteiger partial charge on any atom is -0.317 e.